The van der Waals surface area contributed by atoms with Crippen molar-refractivity contribution in [2.75, 3.05) is 92.2 Å². The van der Waals surface area contributed by atoms with Crippen LogP contribution in [-0.2, 0) is 33.4 Å². The highest BCUT2D eigenvalue weighted by molar-refractivity contribution is 5.78. The Morgan fingerprint density at radius 2 is 0.975 bits per heavy atom. The van der Waals surface area contributed by atoms with Crippen molar-refractivity contribution in [1.82, 2.24) is 24.9 Å². The quantitative estimate of drug-likeness (QED) is 0.227. The van der Waals surface area contributed by atoms with Gasteiger partial charge in [0.25, 0.3) is 0 Å². The maximum atomic E-state index is 12.6. The lowest BCUT2D eigenvalue weighted by atomic mass is 10.2. The molecule has 0 saturated carbocycles. The third-order valence-electron chi connectivity index (χ3n) is 5.81. The summed E-state index contributed by atoms with van der Waals surface area (Å²) in [5.41, 5.74) is -1.22. The molecule has 0 aromatic heterocycles. The lowest BCUT2D eigenvalue weighted by Crippen LogP contribution is -2.50. The standard InChI is InChI=1S/C28H49N5O7/c1-9-10-29-23(34)19-30-11-13-32(21-25(36)39-27(2,3)4)17-15-31(20-24(35)38-8)16-18-33(14-12-30)22-26(37)40-28(5,6)7/h1H,10-22H2,2-8H3,(H,29,34). The number of hydrogen-bond donors (Lipinski definition) is 1. The number of esters is 3. The molecule has 0 atom stereocenters. The fourth-order valence-electron chi connectivity index (χ4n) is 3.98. The van der Waals surface area contributed by atoms with Crippen molar-refractivity contribution in [3.8, 4) is 12.3 Å². The average molecular weight is 568 g/mol. The average Bonchev–Trinajstić information content (AvgIpc) is 2.81. The summed E-state index contributed by atoms with van der Waals surface area (Å²) < 4.78 is 15.9. The summed E-state index contributed by atoms with van der Waals surface area (Å²) in [5.74, 6) is 1.14. The molecule has 1 aliphatic heterocycles. The number of carbonyl (C=O) groups excluding carboxylic acids is 4. The van der Waals surface area contributed by atoms with Crippen molar-refractivity contribution < 1.29 is 33.4 Å². The minimum absolute atomic E-state index is 0.0746. The second-order valence-corrected chi connectivity index (χ2v) is 11.8. The number of carbonyl (C=O) groups is 4. The summed E-state index contributed by atoms with van der Waals surface area (Å²) in [5, 5.41) is 2.69. The van der Waals surface area contributed by atoms with Crippen LogP contribution in [0.4, 0.5) is 0 Å². The largest absolute Gasteiger partial charge is 0.468 e. The second-order valence-electron chi connectivity index (χ2n) is 11.8. The Balaban J connectivity index is 3.12. The van der Waals surface area contributed by atoms with Crippen LogP contribution in [0.25, 0.3) is 0 Å². The molecule has 1 N–H and O–H groups in total. The van der Waals surface area contributed by atoms with E-state index in [0.717, 1.165) is 0 Å². The molecule has 0 unspecified atom stereocenters. The summed E-state index contributed by atoms with van der Waals surface area (Å²) in [6.45, 7) is 15.3. The number of ether oxygens (including phenoxy) is 3. The Hall–Kier alpha value is -2.72. The van der Waals surface area contributed by atoms with Crippen molar-refractivity contribution >= 4 is 23.8 Å². The van der Waals surface area contributed by atoms with E-state index >= 15 is 0 Å². The smallest absolute Gasteiger partial charge is 0.320 e. The van der Waals surface area contributed by atoms with E-state index in [1.807, 2.05) is 61.1 Å². The summed E-state index contributed by atoms with van der Waals surface area (Å²) >= 11 is 0. The summed E-state index contributed by atoms with van der Waals surface area (Å²) in [4.78, 5) is 57.7. The van der Waals surface area contributed by atoms with Gasteiger partial charge < -0.3 is 19.5 Å². The molecule has 1 aliphatic rings. The third-order valence-corrected chi connectivity index (χ3v) is 5.81. The maximum Gasteiger partial charge on any atom is 0.320 e. The highest BCUT2D eigenvalue weighted by Crippen LogP contribution is 2.10. The molecule has 1 amide bonds. The first kappa shape index (κ1) is 35.3. The number of terminal acetylenes is 1. The van der Waals surface area contributed by atoms with Crippen LogP contribution in [0.15, 0.2) is 0 Å². The van der Waals surface area contributed by atoms with Gasteiger partial charge in [0.05, 0.1) is 39.8 Å². The van der Waals surface area contributed by atoms with Crippen LogP contribution in [0.3, 0.4) is 0 Å². The van der Waals surface area contributed by atoms with Crippen LogP contribution < -0.4 is 5.32 Å². The third kappa shape index (κ3) is 17.1. The molecule has 1 rings (SSSR count). The first-order valence-corrected chi connectivity index (χ1v) is 13.7. The van der Waals surface area contributed by atoms with E-state index < -0.39 is 11.2 Å². The SMILES string of the molecule is C#CCNC(=O)CN1CCN(CC(=O)OC(C)(C)C)CCN(CC(=O)OC)CCN(CC(=O)OC(C)(C)C)CC1. The van der Waals surface area contributed by atoms with Crippen LogP contribution in [-0.4, -0.2) is 147 Å². The number of nitrogens with zero attached hydrogens (tertiary/aromatic N) is 4. The maximum absolute atomic E-state index is 12.6. The minimum atomic E-state index is -0.612. The molecule has 0 aromatic rings. The minimum Gasteiger partial charge on any atom is -0.468 e. The molecule has 0 spiro atoms. The van der Waals surface area contributed by atoms with Crippen LogP contribution in [0.2, 0.25) is 0 Å². The summed E-state index contributed by atoms with van der Waals surface area (Å²) in [7, 11) is 1.34. The summed E-state index contributed by atoms with van der Waals surface area (Å²) in [6.07, 6.45) is 5.28. The normalized spacial score (nSPS) is 17.6. The van der Waals surface area contributed by atoms with Gasteiger partial charge in [-0.1, -0.05) is 5.92 Å². The van der Waals surface area contributed by atoms with Gasteiger partial charge in [0.2, 0.25) is 5.91 Å². The van der Waals surface area contributed by atoms with E-state index in [0.29, 0.717) is 52.4 Å². The number of nitrogens with one attached hydrogen (secondary N) is 1. The molecule has 0 radical (unpaired) electrons. The molecule has 0 bridgehead atoms. The second kappa shape index (κ2) is 17.2. The van der Waals surface area contributed by atoms with E-state index in [4.69, 9.17) is 20.6 Å². The van der Waals surface area contributed by atoms with Crippen molar-refractivity contribution in [3.63, 3.8) is 0 Å². The molecule has 0 aliphatic carbocycles. The Bertz CT molecular complexity index is 830. The van der Waals surface area contributed by atoms with Gasteiger partial charge in [0.1, 0.15) is 11.2 Å². The molecule has 228 valence electrons. The molecule has 1 fully saturated rings. The highest BCUT2D eigenvalue weighted by atomic mass is 16.6. The van der Waals surface area contributed by atoms with Crippen LogP contribution in [0.5, 0.6) is 0 Å². The van der Waals surface area contributed by atoms with Gasteiger partial charge in [-0.3, -0.25) is 38.8 Å². The van der Waals surface area contributed by atoms with Crippen molar-refractivity contribution in [2.24, 2.45) is 0 Å². The number of methoxy groups -OCH3 is 1. The fourth-order valence-corrected chi connectivity index (χ4v) is 3.98. The van der Waals surface area contributed by atoms with Crippen molar-refractivity contribution in [3.05, 3.63) is 0 Å². The van der Waals surface area contributed by atoms with Gasteiger partial charge in [-0.2, -0.15) is 0 Å². The van der Waals surface area contributed by atoms with Gasteiger partial charge >= 0.3 is 17.9 Å². The van der Waals surface area contributed by atoms with Crippen molar-refractivity contribution in [1.29, 1.82) is 0 Å². The summed E-state index contributed by atoms with van der Waals surface area (Å²) in [6, 6.07) is 0. The zero-order valence-electron chi connectivity index (χ0n) is 25.4. The van der Waals surface area contributed by atoms with E-state index in [-0.39, 0.29) is 56.5 Å². The van der Waals surface area contributed by atoms with Crippen molar-refractivity contribution in [2.45, 2.75) is 52.7 Å². The first-order chi connectivity index (χ1) is 18.6. The Labute approximate surface area is 239 Å². The Kier molecular flexibility index (Phi) is 15.2. The fraction of sp³-hybridized carbons (Fsp3) is 0.786. The van der Waals surface area contributed by atoms with E-state index in [9.17, 15) is 19.2 Å². The van der Waals surface area contributed by atoms with Crippen LogP contribution in [0, 0.1) is 12.3 Å². The van der Waals surface area contributed by atoms with E-state index in [1.54, 1.807) is 0 Å². The van der Waals surface area contributed by atoms with Crippen LogP contribution in [0.1, 0.15) is 41.5 Å². The molecule has 1 saturated heterocycles. The molecule has 0 aromatic carbocycles. The number of rotatable bonds is 9. The van der Waals surface area contributed by atoms with Gasteiger partial charge in [-0.25, -0.2) is 0 Å². The van der Waals surface area contributed by atoms with E-state index in [1.165, 1.54) is 7.11 Å². The Morgan fingerprint density at radius 1 is 0.650 bits per heavy atom. The molecular formula is C28H49N5O7. The lowest BCUT2D eigenvalue weighted by Gasteiger charge is -2.34. The topological polar surface area (TPSA) is 121 Å². The van der Waals surface area contributed by atoms with Gasteiger partial charge in [0.15, 0.2) is 0 Å². The molecule has 12 nitrogen and oxygen atoms in total. The zero-order valence-corrected chi connectivity index (χ0v) is 25.4. The lowest BCUT2D eigenvalue weighted by molar-refractivity contribution is -0.157. The van der Waals surface area contributed by atoms with E-state index in [2.05, 4.69) is 11.2 Å². The highest BCUT2D eigenvalue weighted by Gasteiger charge is 2.24. The molecular weight excluding hydrogens is 518 g/mol. The zero-order chi connectivity index (χ0) is 30.3. The monoisotopic (exact) mass is 567 g/mol. The number of amides is 1. The van der Waals surface area contributed by atoms with Gasteiger partial charge in [-0.05, 0) is 41.5 Å². The van der Waals surface area contributed by atoms with Crippen LogP contribution >= 0.6 is 0 Å². The van der Waals surface area contributed by atoms with Gasteiger partial charge in [-0.15, -0.1) is 6.42 Å². The molecule has 40 heavy (non-hydrogen) atoms. The predicted molar refractivity (Wildman–Crippen MR) is 151 cm³/mol. The first-order valence-electron chi connectivity index (χ1n) is 13.7. The van der Waals surface area contributed by atoms with Gasteiger partial charge in [0, 0.05) is 52.4 Å². The molecule has 12 heteroatoms. The molecule has 1 heterocycles. The predicted octanol–water partition coefficient (Wildman–Crippen LogP) is -0.186. The Morgan fingerprint density at radius 3 is 1.27 bits per heavy atom. The number of hydrogen-bond acceptors (Lipinski definition) is 11.